The van der Waals surface area contributed by atoms with E-state index in [-0.39, 0.29) is 11.8 Å². The Balaban J connectivity index is 1.65. The van der Waals surface area contributed by atoms with Gasteiger partial charge in [0.05, 0.1) is 19.1 Å². The van der Waals surface area contributed by atoms with Crippen LogP contribution >= 0.6 is 0 Å². The average molecular weight is 333 g/mol. The van der Waals surface area contributed by atoms with Gasteiger partial charge >= 0.3 is 5.97 Å². The highest BCUT2D eigenvalue weighted by Crippen LogP contribution is 2.42. The molecule has 1 aromatic rings. The molecule has 2 fully saturated rings. The van der Waals surface area contributed by atoms with E-state index in [4.69, 9.17) is 9.47 Å². The van der Waals surface area contributed by atoms with Crippen molar-refractivity contribution in [1.29, 1.82) is 0 Å². The first-order chi connectivity index (χ1) is 11.6. The van der Waals surface area contributed by atoms with Crippen molar-refractivity contribution < 1.29 is 24.2 Å². The van der Waals surface area contributed by atoms with Crippen molar-refractivity contribution >= 4 is 11.9 Å². The highest BCUT2D eigenvalue weighted by atomic mass is 16.5. The number of methoxy groups -OCH3 is 1. The van der Waals surface area contributed by atoms with E-state index in [0.29, 0.717) is 45.6 Å². The first kappa shape index (κ1) is 16.8. The number of ether oxygens (including phenoxy) is 2. The Hall–Kier alpha value is -2.08. The number of benzene rings is 1. The lowest BCUT2D eigenvalue weighted by Gasteiger charge is -2.33. The molecule has 0 spiro atoms. The Labute approximate surface area is 141 Å². The Morgan fingerprint density at radius 1 is 1.42 bits per heavy atom. The fraction of sp³-hybridized carbons (Fsp3) is 0.556. The van der Waals surface area contributed by atoms with Crippen molar-refractivity contribution in [3.8, 4) is 5.75 Å². The van der Waals surface area contributed by atoms with E-state index in [1.165, 1.54) is 0 Å². The molecule has 2 atom stereocenters. The van der Waals surface area contributed by atoms with Gasteiger partial charge in [0.15, 0.2) is 0 Å². The molecule has 0 bridgehead atoms. The molecule has 2 aliphatic heterocycles. The Bertz CT molecular complexity index is 632. The zero-order chi connectivity index (χ0) is 17.2. The Kier molecular flexibility index (Phi) is 4.76. The van der Waals surface area contributed by atoms with Crippen LogP contribution in [-0.2, 0) is 20.7 Å². The molecule has 0 aliphatic carbocycles. The number of likely N-dealkylation sites (tertiary alicyclic amines) is 1. The van der Waals surface area contributed by atoms with Gasteiger partial charge in [0.25, 0.3) is 0 Å². The first-order valence-corrected chi connectivity index (χ1v) is 8.27. The van der Waals surface area contributed by atoms with E-state index >= 15 is 0 Å². The van der Waals surface area contributed by atoms with Crippen molar-refractivity contribution in [2.75, 3.05) is 33.4 Å². The molecule has 0 radical (unpaired) electrons. The number of carboxylic acids is 1. The maximum atomic E-state index is 12.6. The van der Waals surface area contributed by atoms with Crippen LogP contribution in [0.3, 0.4) is 0 Å². The quantitative estimate of drug-likeness (QED) is 0.885. The van der Waals surface area contributed by atoms with Crippen LogP contribution in [0.1, 0.15) is 18.4 Å². The number of rotatable bonds is 5. The number of aryl methyl sites for hydroxylation is 1. The van der Waals surface area contributed by atoms with Crippen LogP contribution in [0.2, 0.25) is 0 Å². The summed E-state index contributed by atoms with van der Waals surface area (Å²) in [5, 5.41) is 9.66. The van der Waals surface area contributed by atoms with Crippen molar-refractivity contribution in [1.82, 2.24) is 4.90 Å². The minimum absolute atomic E-state index is 0.00377. The molecule has 3 rings (SSSR count). The molecule has 130 valence electrons. The molecular weight excluding hydrogens is 310 g/mol. The van der Waals surface area contributed by atoms with Crippen LogP contribution in [0.25, 0.3) is 0 Å². The summed E-state index contributed by atoms with van der Waals surface area (Å²) in [6.07, 6.45) is 1.41. The Morgan fingerprint density at radius 3 is 2.92 bits per heavy atom. The monoisotopic (exact) mass is 333 g/mol. The summed E-state index contributed by atoms with van der Waals surface area (Å²) in [6.45, 7) is 1.63. The third-order valence-corrected chi connectivity index (χ3v) is 5.29. The SMILES string of the molecule is COc1ccccc1CCC(=O)N1C[C@@H]2COCC[C@]2(C(=O)O)C1. The van der Waals surface area contributed by atoms with Crippen LogP contribution < -0.4 is 4.74 Å². The van der Waals surface area contributed by atoms with Crippen molar-refractivity contribution in [3.05, 3.63) is 29.8 Å². The zero-order valence-corrected chi connectivity index (χ0v) is 13.9. The Morgan fingerprint density at radius 2 is 2.21 bits per heavy atom. The van der Waals surface area contributed by atoms with Gasteiger partial charge in [-0.05, 0) is 24.5 Å². The summed E-state index contributed by atoms with van der Waals surface area (Å²) in [5.74, 6) is -0.151. The normalized spacial score (nSPS) is 26.0. The zero-order valence-electron chi connectivity index (χ0n) is 13.9. The maximum Gasteiger partial charge on any atom is 0.311 e. The van der Waals surface area contributed by atoms with E-state index < -0.39 is 11.4 Å². The molecule has 2 heterocycles. The van der Waals surface area contributed by atoms with E-state index in [1.54, 1.807) is 12.0 Å². The number of hydrogen-bond acceptors (Lipinski definition) is 4. The molecule has 24 heavy (non-hydrogen) atoms. The van der Waals surface area contributed by atoms with Crippen LogP contribution in [0.5, 0.6) is 5.75 Å². The third-order valence-electron chi connectivity index (χ3n) is 5.29. The van der Waals surface area contributed by atoms with Gasteiger partial charge in [-0.2, -0.15) is 0 Å². The lowest BCUT2D eigenvalue weighted by Crippen LogP contribution is -2.45. The van der Waals surface area contributed by atoms with Gasteiger partial charge in [0.1, 0.15) is 5.75 Å². The number of nitrogens with zero attached hydrogens (tertiary/aromatic N) is 1. The highest BCUT2D eigenvalue weighted by molar-refractivity contribution is 5.81. The average Bonchev–Trinajstić information content (AvgIpc) is 3.01. The summed E-state index contributed by atoms with van der Waals surface area (Å²) in [6, 6.07) is 7.64. The van der Waals surface area contributed by atoms with Crippen molar-refractivity contribution in [3.63, 3.8) is 0 Å². The minimum Gasteiger partial charge on any atom is -0.496 e. The lowest BCUT2D eigenvalue weighted by molar-refractivity contribution is -0.157. The fourth-order valence-electron chi connectivity index (χ4n) is 3.80. The predicted octanol–water partition coefficient (Wildman–Crippen LogP) is 1.58. The summed E-state index contributed by atoms with van der Waals surface area (Å²) >= 11 is 0. The molecule has 1 amide bonds. The predicted molar refractivity (Wildman–Crippen MR) is 86.9 cm³/mol. The number of aliphatic carboxylic acids is 1. The number of hydrogen-bond donors (Lipinski definition) is 1. The molecule has 2 aliphatic rings. The summed E-state index contributed by atoms with van der Waals surface area (Å²) < 4.78 is 10.7. The second-order valence-corrected chi connectivity index (χ2v) is 6.57. The molecular formula is C18H23NO5. The molecule has 2 saturated heterocycles. The van der Waals surface area contributed by atoms with Gasteiger partial charge < -0.3 is 19.5 Å². The molecule has 0 unspecified atom stereocenters. The van der Waals surface area contributed by atoms with Crippen molar-refractivity contribution in [2.45, 2.75) is 19.3 Å². The van der Waals surface area contributed by atoms with Crippen LogP contribution in [0, 0.1) is 11.3 Å². The number of fused-ring (bicyclic) bond motifs is 1. The number of carbonyl (C=O) groups is 2. The van der Waals surface area contributed by atoms with Crippen LogP contribution in [0.4, 0.5) is 0 Å². The number of carbonyl (C=O) groups excluding carboxylic acids is 1. The van der Waals surface area contributed by atoms with E-state index in [1.807, 2.05) is 24.3 Å². The second-order valence-electron chi connectivity index (χ2n) is 6.57. The van der Waals surface area contributed by atoms with E-state index in [9.17, 15) is 14.7 Å². The van der Waals surface area contributed by atoms with Crippen LogP contribution in [0.15, 0.2) is 24.3 Å². The number of amides is 1. The summed E-state index contributed by atoms with van der Waals surface area (Å²) in [4.78, 5) is 26.1. The highest BCUT2D eigenvalue weighted by Gasteiger charge is 2.54. The van der Waals surface area contributed by atoms with E-state index in [2.05, 4.69) is 0 Å². The van der Waals surface area contributed by atoms with E-state index in [0.717, 1.165) is 11.3 Å². The maximum absolute atomic E-state index is 12.6. The summed E-state index contributed by atoms with van der Waals surface area (Å²) in [7, 11) is 1.61. The second kappa shape index (κ2) is 6.81. The fourth-order valence-corrected chi connectivity index (χ4v) is 3.80. The van der Waals surface area contributed by atoms with Crippen molar-refractivity contribution in [2.24, 2.45) is 11.3 Å². The lowest BCUT2D eigenvalue weighted by atomic mass is 9.74. The number of carboxylic acid groups (broad SMARTS) is 1. The minimum atomic E-state index is -0.835. The largest absolute Gasteiger partial charge is 0.496 e. The van der Waals surface area contributed by atoms with Gasteiger partial charge in [-0.1, -0.05) is 18.2 Å². The molecule has 6 heteroatoms. The van der Waals surface area contributed by atoms with Crippen LogP contribution in [-0.4, -0.2) is 55.3 Å². The van der Waals surface area contributed by atoms with Gasteiger partial charge in [0.2, 0.25) is 5.91 Å². The smallest absolute Gasteiger partial charge is 0.311 e. The van der Waals surface area contributed by atoms with Gasteiger partial charge in [-0.25, -0.2) is 0 Å². The summed E-state index contributed by atoms with van der Waals surface area (Å²) in [5.41, 5.74) is 0.152. The molecule has 6 nitrogen and oxygen atoms in total. The molecule has 0 aromatic heterocycles. The van der Waals surface area contributed by atoms with Gasteiger partial charge in [0, 0.05) is 32.0 Å². The molecule has 0 saturated carbocycles. The molecule has 1 N–H and O–H groups in total. The molecule has 1 aromatic carbocycles. The standard InChI is InChI=1S/C18H23NO5/c1-23-15-5-3-2-4-13(15)6-7-16(20)19-10-14-11-24-9-8-18(14,12-19)17(21)22/h2-5,14H,6-12H2,1H3,(H,21,22)/t14-,18+/m1/s1. The van der Waals surface area contributed by atoms with Gasteiger partial charge in [-0.15, -0.1) is 0 Å². The third kappa shape index (κ3) is 2.98. The topological polar surface area (TPSA) is 76.1 Å². The van der Waals surface area contributed by atoms with Gasteiger partial charge in [-0.3, -0.25) is 9.59 Å². The first-order valence-electron chi connectivity index (χ1n) is 8.27. The number of para-hydroxylation sites is 1.